The van der Waals surface area contributed by atoms with Crippen molar-refractivity contribution in [3.63, 3.8) is 0 Å². The van der Waals surface area contributed by atoms with Crippen LogP contribution in [0.25, 0.3) is 0 Å². The largest absolute Gasteiger partial charge is 0.491 e. The zero-order chi connectivity index (χ0) is 21.2. The van der Waals surface area contributed by atoms with Crippen LogP contribution >= 0.6 is 0 Å². The molecule has 6 heteroatoms. The quantitative estimate of drug-likeness (QED) is 0.735. The summed E-state index contributed by atoms with van der Waals surface area (Å²) in [4.78, 5) is 26.3. The molecule has 2 N–H and O–H groups in total. The van der Waals surface area contributed by atoms with Gasteiger partial charge >= 0.3 is 6.03 Å². The number of hydrogen-bond acceptors (Lipinski definition) is 4. The topological polar surface area (TPSA) is 78.9 Å². The molecule has 0 radical (unpaired) electrons. The van der Waals surface area contributed by atoms with Gasteiger partial charge in [0.15, 0.2) is 0 Å². The van der Waals surface area contributed by atoms with E-state index in [0.717, 1.165) is 4.90 Å². The number of benzene rings is 2. The molecule has 1 fully saturated rings. The van der Waals surface area contributed by atoms with Gasteiger partial charge < -0.3 is 15.2 Å². The van der Waals surface area contributed by atoms with Crippen LogP contribution < -0.4 is 10.1 Å². The number of ether oxygens (including phenoxy) is 1. The molecule has 0 aliphatic carbocycles. The Morgan fingerprint density at radius 1 is 1.07 bits per heavy atom. The molecule has 0 aromatic heterocycles. The van der Waals surface area contributed by atoms with Crippen molar-refractivity contribution in [2.75, 3.05) is 13.2 Å². The number of nitrogens with zero attached hydrogens (tertiary/aromatic N) is 1. The fourth-order valence-corrected chi connectivity index (χ4v) is 3.34. The van der Waals surface area contributed by atoms with Gasteiger partial charge in [0, 0.05) is 0 Å². The number of amides is 3. The Morgan fingerprint density at radius 3 is 2.28 bits per heavy atom. The Kier molecular flexibility index (Phi) is 5.66. The van der Waals surface area contributed by atoms with E-state index in [4.69, 9.17) is 4.74 Å². The van der Waals surface area contributed by atoms with Crippen LogP contribution in [0, 0.1) is 0 Å². The second kappa shape index (κ2) is 7.87. The minimum absolute atomic E-state index is 0.0199. The second-order valence-electron chi connectivity index (χ2n) is 8.58. The second-order valence-corrected chi connectivity index (χ2v) is 8.58. The number of imide groups is 1. The standard InChI is InChI=1S/C23H28N2O4/c1-22(2,3)16-10-12-19(13-11-16)29-15-18(26)14-25-20(27)23(4,24-21(25)28)17-8-6-5-7-9-17/h5-13,18,26H,14-15H2,1-4H3,(H,24,28)/t18-,23-/m0/s1. The Labute approximate surface area is 171 Å². The van der Waals surface area contributed by atoms with E-state index in [2.05, 4.69) is 26.1 Å². The van der Waals surface area contributed by atoms with E-state index in [9.17, 15) is 14.7 Å². The first-order chi connectivity index (χ1) is 13.6. The molecular formula is C23H28N2O4. The van der Waals surface area contributed by atoms with E-state index < -0.39 is 17.7 Å². The number of urea groups is 1. The Balaban J connectivity index is 1.60. The maximum Gasteiger partial charge on any atom is 0.325 e. The molecule has 0 unspecified atom stereocenters. The molecule has 3 rings (SSSR count). The maximum atomic E-state index is 12.9. The summed E-state index contributed by atoms with van der Waals surface area (Å²) < 4.78 is 5.63. The average molecular weight is 396 g/mol. The van der Waals surface area contributed by atoms with Gasteiger partial charge in [-0.25, -0.2) is 4.79 Å². The first kappa shape index (κ1) is 20.9. The zero-order valence-electron chi connectivity index (χ0n) is 17.3. The summed E-state index contributed by atoms with van der Waals surface area (Å²) in [5, 5.41) is 13.1. The molecular weight excluding hydrogens is 368 g/mol. The number of rotatable bonds is 6. The summed E-state index contributed by atoms with van der Waals surface area (Å²) in [5.74, 6) is 0.241. The molecule has 1 heterocycles. The molecule has 0 saturated carbocycles. The number of β-amino-alcohol motifs (C(OH)–C–C–N with tert-alkyl or cyclic N) is 1. The van der Waals surface area contributed by atoms with Crippen molar-refractivity contribution in [2.24, 2.45) is 0 Å². The molecule has 1 aliphatic rings. The number of hydrogen-bond donors (Lipinski definition) is 2. The number of carbonyl (C=O) groups excluding carboxylic acids is 2. The van der Waals surface area contributed by atoms with E-state index in [-0.39, 0.29) is 24.5 Å². The maximum absolute atomic E-state index is 12.9. The highest BCUT2D eigenvalue weighted by molar-refractivity contribution is 6.07. The van der Waals surface area contributed by atoms with Gasteiger partial charge in [0.2, 0.25) is 0 Å². The van der Waals surface area contributed by atoms with Crippen LogP contribution in [0.3, 0.4) is 0 Å². The normalized spacial score (nSPS) is 20.5. The summed E-state index contributed by atoms with van der Waals surface area (Å²) in [7, 11) is 0. The molecule has 2 aromatic rings. The van der Waals surface area contributed by atoms with Crippen molar-refractivity contribution in [3.05, 3.63) is 65.7 Å². The van der Waals surface area contributed by atoms with Crippen LogP contribution in [-0.4, -0.2) is 41.2 Å². The van der Waals surface area contributed by atoms with Gasteiger partial charge in [0.1, 0.15) is 24.0 Å². The van der Waals surface area contributed by atoms with Crippen LogP contribution in [0.2, 0.25) is 0 Å². The lowest BCUT2D eigenvalue weighted by molar-refractivity contribution is -0.132. The summed E-state index contributed by atoms with van der Waals surface area (Å²) >= 11 is 0. The average Bonchev–Trinajstić information content (AvgIpc) is 2.91. The molecule has 1 aliphatic heterocycles. The molecule has 2 atom stereocenters. The predicted octanol–water partition coefficient (Wildman–Crippen LogP) is 3.19. The van der Waals surface area contributed by atoms with E-state index in [0.29, 0.717) is 11.3 Å². The van der Waals surface area contributed by atoms with E-state index in [1.54, 1.807) is 19.1 Å². The monoisotopic (exact) mass is 396 g/mol. The fraction of sp³-hybridized carbons (Fsp3) is 0.391. The lowest BCUT2D eigenvalue weighted by Crippen LogP contribution is -2.42. The highest BCUT2D eigenvalue weighted by Crippen LogP contribution is 2.29. The summed E-state index contributed by atoms with van der Waals surface area (Å²) in [6.07, 6.45) is -0.995. The third-order valence-corrected chi connectivity index (χ3v) is 5.18. The van der Waals surface area contributed by atoms with Gasteiger partial charge in [0.05, 0.1) is 6.54 Å². The van der Waals surface area contributed by atoms with Gasteiger partial charge in [-0.15, -0.1) is 0 Å². The summed E-state index contributed by atoms with van der Waals surface area (Å²) in [6, 6.07) is 16.2. The van der Waals surface area contributed by atoms with E-state index in [1.807, 2.05) is 42.5 Å². The number of carbonyl (C=O) groups is 2. The predicted molar refractivity (Wildman–Crippen MR) is 111 cm³/mol. The van der Waals surface area contributed by atoms with Gasteiger partial charge in [0.25, 0.3) is 5.91 Å². The third-order valence-electron chi connectivity index (χ3n) is 5.18. The van der Waals surface area contributed by atoms with Gasteiger partial charge in [-0.3, -0.25) is 9.69 Å². The van der Waals surface area contributed by atoms with Gasteiger partial charge in [-0.1, -0.05) is 63.2 Å². The summed E-state index contributed by atoms with van der Waals surface area (Å²) in [6.45, 7) is 7.92. The smallest absolute Gasteiger partial charge is 0.325 e. The molecule has 0 bridgehead atoms. The lowest BCUT2D eigenvalue weighted by Gasteiger charge is -2.23. The Bertz CT molecular complexity index is 874. The SMILES string of the molecule is CC(C)(C)c1ccc(OC[C@@H](O)CN2C(=O)N[C@@](C)(c3ccccc3)C2=O)cc1. The minimum Gasteiger partial charge on any atom is -0.491 e. The van der Waals surface area contributed by atoms with Crippen LogP contribution in [0.4, 0.5) is 4.79 Å². The minimum atomic E-state index is -1.14. The molecule has 3 amide bonds. The van der Waals surface area contributed by atoms with Crippen molar-refractivity contribution in [1.82, 2.24) is 10.2 Å². The molecule has 2 aromatic carbocycles. The van der Waals surface area contributed by atoms with Crippen molar-refractivity contribution < 1.29 is 19.4 Å². The summed E-state index contributed by atoms with van der Waals surface area (Å²) in [5.41, 5.74) is 0.796. The van der Waals surface area contributed by atoms with Gasteiger partial charge in [-0.2, -0.15) is 0 Å². The first-order valence-corrected chi connectivity index (χ1v) is 9.72. The highest BCUT2D eigenvalue weighted by atomic mass is 16.5. The Hall–Kier alpha value is -2.86. The lowest BCUT2D eigenvalue weighted by atomic mass is 9.87. The number of aliphatic hydroxyl groups excluding tert-OH is 1. The third kappa shape index (κ3) is 4.43. The van der Waals surface area contributed by atoms with E-state index >= 15 is 0 Å². The molecule has 154 valence electrons. The van der Waals surface area contributed by atoms with Crippen molar-refractivity contribution in [3.8, 4) is 5.75 Å². The molecule has 0 spiro atoms. The van der Waals surface area contributed by atoms with Gasteiger partial charge in [-0.05, 0) is 35.6 Å². The Morgan fingerprint density at radius 2 is 1.69 bits per heavy atom. The van der Waals surface area contributed by atoms with Crippen LogP contribution in [-0.2, 0) is 15.7 Å². The molecule has 29 heavy (non-hydrogen) atoms. The first-order valence-electron chi connectivity index (χ1n) is 9.72. The fourth-order valence-electron chi connectivity index (χ4n) is 3.34. The van der Waals surface area contributed by atoms with Crippen LogP contribution in [0.15, 0.2) is 54.6 Å². The van der Waals surface area contributed by atoms with E-state index in [1.165, 1.54) is 5.56 Å². The van der Waals surface area contributed by atoms with Crippen molar-refractivity contribution >= 4 is 11.9 Å². The van der Waals surface area contributed by atoms with Crippen LogP contribution in [0.5, 0.6) is 5.75 Å². The van der Waals surface area contributed by atoms with Crippen molar-refractivity contribution in [2.45, 2.75) is 44.8 Å². The van der Waals surface area contributed by atoms with Crippen LogP contribution in [0.1, 0.15) is 38.8 Å². The molecule has 1 saturated heterocycles. The number of nitrogens with one attached hydrogen (secondary N) is 1. The zero-order valence-corrected chi connectivity index (χ0v) is 17.3. The highest BCUT2D eigenvalue weighted by Gasteiger charge is 2.49. The molecule has 6 nitrogen and oxygen atoms in total. The number of aliphatic hydroxyl groups is 1. The van der Waals surface area contributed by atoms with Crippen molar-refractivity contribution in [1.29, 1.82) is 0 Å².